The van der Waals surface area contributed by atoms with Crippen LogP contribution in [0.4, 0.5) is 5.82 Å². The Bertz CT molecular complexity index is 464. The SMILES string of the molecule is Nc1ccn([C@H]2C[C@H](O)[C@@H](C(O)Cl)O2)c(=O)n1. The van der Waals surface area contributed by atoms with Gasteiger partial charge in [0.1, 0.15) is 18.1 Å². The Morgan fingerprint density at radius 2 is 2.41 bits per heavy atom. The van der Waals surface area contributed by atoms with Crippen LogP contribution in [0.1, 0.15) is 12.6 Å². The molecule has 2 rings (SSSR count). The van der Waals surface area contributed by atoms with Crippen LogP contribution in [0.3, 0.4) is 0 Å². The van der Waals surface area contributed by atoms with Crippen LogP contribution < -0.4 is 11.4 Å². The molecular formula is C9H12ClN3O4. The van der Waals surface area contributed by atoms with Crippen LogP contribution in [0.2, 0.25) is 0 Å². The molecule has 0 saturated carbocycles. The number of nitrogens with two attached hydrogens (primary N) is 1. The third-order valence-electron chi connectivity index (χ3n) is 2.57. The number of nitrogen functional groups attached to an aromatic ring is 1. The van der Waals surface area contributed by atoms with E-state index < -0.39 is 29.7 Å². The second kappa shape index (κ2) is 4.61. The highest BCUT2D eigenvalue weighted by Crippen LogP contribution is 2.30. The minimum Gasteiger partial charge on any atom is -0.390 e. The minimum atomic E-state index is -1.33. The van der Waals surface area contributed by atoms with Gasteiger partial charge in [0.05, 0.1) is 6.10 Å². The Morgan fingerprint density at radius 1 is 1.71 bits per heavy atom. The summed E-state index contributed by atoms with van der Waals surface area (Å²) in [6.45, 7) is 0. The molecule has 8 heteroatoms. The van der Waals surface area contributed by atoms with Crippen LogP contribution in [0, 0.1) is 0 Å². The summed E-state index contributed by atoms with van der Waals surface area (Å²) in [5, 5.41) is 18.8. The van der Waals surface area contributed by atoms with E-state index in [4.69, 9.17) is 27.2 Å². The fourth-order valence-corrected chi connectivity index (χ4v) is 1.97. The Kier molecular flexibility index (Phi) is 3.34. The molecule has 17 heavy (non-hydrogen) atoms. The number of anilines is 1. The average Bonchev–Trinajstić information content (AvgIpc) is 2.60. The molecule has 7 nitrogen and oxygen atoms in total. The highest BCUT2D eigenvalue weighted by atomic mass is 35.5. The molecule has 0 aliphatic carbocycles. The molecule has 1 aliphatic heterocycles. The first-order valence-electron chi connectivity index (χ1n) is 4.99. The third-order valence-corrected chi connectivity index (χ3v) is 2.82. The fourth-order valence-electron chi connectivity index (χ4n) is 1.74. The standard InChI is InChI=1S/C9H12ClN3O4/c10-8(15)7-4(14)3-6(17-7)13-2-1-5(11)12-9(13)16/h1-2,4,6-8,14-15H,3H2,(H2,11,12,16)/t4-,6+,7-,8?/m0/s1. The van der Waals surface area contributed by atoms with Gasteiger partial charge in [0, 0.05) is 12.6 Å². The maximum Gasteiger partial charge on any atom is 0.351 e. The monoisotopic (exact) mass is 261 g/mol. The molecule has 1 aliphatic rings. The van der Waals surface area contributed by atoms with Crippen molar-refractivity contribution in [1.29, 1.82) is 0 Å². The highest BCUT2D eigenvalue weighted by molar-refractivity contribution is 6.19. The zero-order valence-corrected chi connectivity index (χ0v) is 9.49. The molecule has 94 valence electrons. The molecule has 0 amide bonds. The van der Waals surface area contributed by atoms with E-state index in [0.29, 0.717) is 0 Å². The van der Waals surface area contributed by atoms with Gasteiger partial charge in [-0.25, -0.2) is 4.79 Å². The molecule has 1 saturated heterocycles. The Morgan fingerprint density at radius 3 is 2.94 bits per heavy atom. The summed E-state index contributed by atoms with van der Waals surface area (Å²) in [4.78, 5) is 15.1. The fraction of sp³-hybridized carbons (Fsp3) is 0.556. The third kappa shape index (κ3) is 2.42. The van der Waals surface area contributed by atoms with E-state index in [-0.39, 0.29) is 12.2 Å². The number of nitrogens with zero attached hydrogens (tertiary/aromatic N) is 2. The van der Waals surface area contributed by atoms with Crippen LogP contribution in [-0.2, 0) is 4.74 Å². The minimum absolute atomic E-state index is 0.110. The van der Waals surface area contributed by atoms with E-state index in [2.05, 4.69) is 4.98 Å². The number of rotatable bonds is 2. The predicted octanol–water partition coefficient (Wildman–Crippen LogP) is -0.969. The number of aliphatic hydroxyl groups is 2. The first-order valence-corrected chi connectivity index (χ1v) is 5.43. The molecule has 0 aromatic carbocycles. The van der Waals surface area contributed by atoms with Gasteiger partial charge in [-0.05, 0) is 6.07 Å². The van der Waals surface area contributed by atoms with E-state index >= 15 is 0 Å². The first kappa shape index (κ1) is 12.3. The second-order valence-electron chi connectivity index (χ2n) is 3.77. The molecule has 1 aromatic rings. The van der Waals surface area contributed by atoms with Crippen LogP contribution >= 0.6 is 11.6 Å². The van der Waals surface area contributed by atoms with E-state index in [1.165, 1.54) is 16.8 Å². The summed E-state index contributed by atoms with van der Waals surface area (Å²) in [7, 11) is 0. The van der Waals surface area contributed by atoms with Crippen molar-refractivity contribution in [3.05, 3.63) is 22.7 Å². The lowest BCUT2D eigenvalue weighted by molar-refractivity contribution is -0.0585. The van der Waals surface area contributed by atoms with Gasteiger partial charge in [-0.3, -0.25) is 4.57 Å². The van der Waals surface area contributed by atoms with Crippen molar-refractivity contribution < 1.29 is 14.9 Å². The average molecular weight is 262 g/mol. The lowest BCUT2D eigenvalue weighted by Gasteiger charge is -2.16. The van der Waals surface area contributed by atoms with Crippen molar-refractivity contribution in [1.82, 2.24) is 9.55 Å². The molecule has 0 radical (unpaired) electrons. The van der Waals surface area contributed by atoms with Gasteiger partial charge in [0.15, 0.2) is 5.56 Å². The topological polar surface area (TPSA) is 111 Å². The molecule has 1 unspecified atom stereocenters. The van der Waals surface area contributed by atoms with Crippen molar-refractivity contribution in [2.24, 2.45) is 0 Å². The van der Waals surface area contributed by atoms with Crippen molar-refractivity contribution in [3.63, 3.8) is 0 Å². The van der Waals surface area contributed by atoms with Gasteiger partial charge >= 0.3 is 5.69 Å². The maximum atomic E-state index is 11.5. The quantitative estimate of drug-likeness (QED) is 0.591. The van der Waals surface area contributed by atoms with Gasteiger partial charge in [-0.2, -0.15) is 4.98 Å². The van der Waals surface area contributed by atoms with Crippen molar-refractivity contribution in [3.8, 4) is 0 Å². The normalized spacial score (nSPS) is 30.4. The molecular weight excluding hydrogens is 250 g/mol. The second-order valence-corrected chi connectivity index (χ2v) is 4.22. The van der Waals surface area contributed by atoms with E-state index in [1.807, 2.05) is 0 Å². The Balaban J connectivity index is 2.23. The largest absolute Gasteiger partial charge is 0.390 e. The summed E-state index contributed by atoms with van der Waals surface area (Å²) in [6.07, 6.45) is -0.988. The number of halogens is 1. The number of hydrogen-bond acceptors (Lipinski definition) is 6. The molecule has 4 N–H and O–H groups in total. The Labute approximate surface area is 101 Å². The summed E-state index contributed by atoms with van der Waals surface area (Å²) < 4.78 is 6.49. The van der Waals surface area contributed by atoms with Crippen molar-refractivity contribution in [2.75, 3.05) is 5.73 Å². The van der Waals surface area contributed by atoms with Crippen LogP contribution in [0.15, 0.2) is 17.1 Å². The van der Waals surface area contributed by atoms with Crippen LogP contribution in [0.5, 0.6) is 0 Å². The number of alkyl halides is 1. The van der Waals surface area contributed by atoms with E-state index in [9.17, 15) is 9.90 Å². The zero-order valence-electron chi connectivity index (χ0n) is 8.73. The van der Waals surface area contributed by atoms with Crippen LogP contribution in [0.25, 0.3) is 0 Å². The predicted molar refractivity (Wildman–Crippen MR) is 59.3 cm³/mol. The summed E-state index contributed by atoms with van der Waals surface area (Å²) in [5.74, 6) is 0.110. The lowest BCUT2D eigenvalue weighted by atomic mass is 10.2. The van der Waals surface area contributed by atoms with Gasteiger partial charge < -0.3 is 20.7 Å². The molecule has 0 spiro atoms. The molecule has 2 heterocycles. The van der Waals surface area contributed by atoms with Crippen molar-refractivity contribution >= 4 is 17.4 Å². The number of aliphatic hydroxyl groups excluding tert-OH is 2. The number of aromatic nitrogens is 2. The molecule has 0 bridgehead atoms. The van der Waals surface area contributed by atoms with Crippen LogP contribution in [-0.4, -0.2) is 37.5 Å². The van der Waals surface area contributed by atoms with Gasteiger partial charge in [0.25, 0.3) is 0 Å². The molecule has 1 aromatic heterocycles. The summed E-state index contributed by atoms with van der Waals surface area (Å²) in [6, 6.07) is 1.45. The number of ether oxygens (including phenoxy) is 1. The summed E-state index contributed by atoms with van der Waals surface area (Å²) >= 11 is 5.44. The van der Waals surface area contributed by atoms with Gasteiger partial charge in [-0.15, -0.1) is 0 Å². The highest BCUT2D eigenvalue weighted by Gasteiger charge is 2.39. The summed E-state index contributed by atoms with van der Waals surface area (Å²) in [5.41, 5.74) is 3.45. The van der Waals surface area contributed by atoms with E-state index in [1.54, 1.807) is 0 Å². The number of hydrogen-bond donors (Lipinski definition) is 3. The Hall–Kier alpha value is -1.15. The molecule has 1 fully saturated rings. The van der Waals surface area contributed by atoms with Gasteiger partial charge in [-0.1, -0.05) is 11.6 Å². The molecule has 4 atom stereocenters. The van der Waals surface area contributed by atoms with Crippen molar-refractivity contribution in [2.45, 2.75) is 30.4 Å². The van der Waals surface area contributed by atoms with E-state index in [0.717, 1.165) is 0 Å². The smallest absolute Gasteiger partial charge is 0.351 e. The lowest BCUT2D eigenvalue weighted by Crippen LogP contribution is -2.31. The first-order chi connectivity index (χ1) is 7.99. The van der Waals surface area contributed by atoms with Gasteiger partial charge in [0.2, 0.25) is 0 Å². The maximum absolute atomic E-state index is 11.5. The zero-order chi connectivity index (χ0) is 12.6.